The third kappa shape index (κ3) is 5.29. The number of carbonyl (C=O) groups is 2. The Hall–Kier alpha value is -4.85. The van der Waals surface area contributed by atoms with Gasteiger partial charge in [-0.25, -0.2) is 4.98 Å². The number of nitrogens with one attached hydrogen (secondary N) is 3. The van der Waals surface area contributed by atoms with E-state index in [2.05, 4.69) is 20.6 Å². The number of aryl methyl sites for hydroxylation is 1. The molecule has 0 aliphatic rings. The number of benzene rings is 3. The molecule has 5 aromatic rings. The molecule has 0 unspecified atom stereocenters. The van der Waals surface area contributed by atoms with Crippen molar-refractivity contribution in [3.8, 4) is 5.75 Å². The van der Waals surface area contributed by atoms with Crippen molar-refractivity contribution in [2.45, 2.75) is 25.9 Å². The number of hydrogen-bond acceptors (Lipinski definition) is 5. The van der Waals surface area contributed by atoms with Crippen LogP contribution in [0.3, 0.4) is 0 Å². The fourth-order valence-electron chi connectivity index (χ4n) is 4.60. The highest BCUT2D eigenvalue weighted by Crippen LogP contribution is 2.23. The quantitative estimate of drug-likeness (QED) is 0.250. The normalized spacial score (nSPS) is 11.8. The first-order valence-corrected chi connectivity index (χ1v) is 12.4. The van der Waals surface area contributed by atoms with Gasteiger partial charge in [0.1, 0.15) is 23.3 Å². The highest BCUT2D eigenvalue weighted by molar-refractivity contribution is 6.00. The van der Waals surface area contributed by atoms with Crippen LogP contribution in [0.15, 0.2) is 78.9 Å². The molecular weight excluding hydrogens is 478 g/mol. The molecule has 0 saturated heterocycles. The number of anilines is 1. The summed E-state index contributed by atoms with van der Waals surface area (Å²) < 4.78 is 5.29. The summed E-state index contributed by atoms with van der Waals surface area (Å²) in [5, 5.41) is 8.87. The smallest absolute Gasteiger partial charge is 0.268 e. The Morgan fingerprint density at radius 2 is 1.79 bits per heavy atom. The van der Waals surface area contributed by atoms with Crippen LogP contribution in [0.2, 0.25) is 0 Å². The summed E-state index contributed by atoms with van der Waals surface area (Å²) in [5.41, 5.74) is 9.49. The number of nitrogens with zero attached hydrogens (tertiary/aromatic N) is 1. The van der Waals surface area contributed by atoms with Crippen molar-refractivity contribution in [3.05, 3.63) is 101 Å². The Kier molecular flexibility index (Phi) is 6.95. The van der Waals surface area contributed by atoms with Gasteiger partial charge in [0.15, 0.2) is 0 Å². The number of amides is 2. The van der Waals surface area contributed by atoms with E-state index in [4.69, 9.17) is 10.5 Å². The number of aromatic amines is 1. The molecule has 0 spiro atoms. The average molecular weight is 508 g/mol. The highest BCUT2D eigenvalue weighted by atomic mass is 16.5. The monoisotopic (exact) mass is 507 g/mol. The fourth-order valence-corrected chi connectivity index (χ4v) is 4.60. The SMILES string of the molecule is COc1ccc2[nH]c(C(=O)N[C@@H](Cc3cccc4ccccc34)C(=O)NCc3ccc(N)nc3C)cc2c1. The maximum atomic E-state index is 13.5. The number of aromatic nitrogens is 2. The van der Waals surface area contributed by atoms with E-state index in [1.807, 2.05) is 73.7 Å². The molecule has 38 heavy (non-hydrogen) atoms. The van der Waals surface area contributed by atoms with E-state index in [9.17, 15) is 9.59 Å². The number of carbonyl (C=O) groups excluding carboxylic acids is 2. The van der Waals surface area contributed by atoms with Crippen molar-refractivity contribution < 1.29 is 14.3 Å². The van der Waals surface area contributed by atoms with Crippen LogP contribution in [0.5, 0.6) is 5.75 Å². The van der Waals surface area contributed by atoms with E-state index < -0.39 is 6.04 Å². The Bertz CT molecular complexity index is 1640. The Balaban J connectivity index is 1.41. The molecule has 5 N–H and O–H groups in total. The summed E-state index contributed by atoms with van der Waals surface area (Å²) in [6.07, 6.45) is 0.325. The Labute approximate surface area is 220 Å². The van der Waals surface area contributed by atoms with E-state index in [0.29, 0.717) is 23.7 Å². The lowest BCUT2D eigenvalue weighted by molar-refractivity contribution is -0.123. The number of nitrogens with two attached hydrogens (primary N) is 1. The van der Waals surface area contributed by atoms with Gasteiger partial charge in [-0.3, -0.25) is 9.59 Å². The second-order valence-corrected chi connectivity index (χ2v) is 9.20. The number of fused-ring (bicyclic) bond motifs is 2. The number of rotatable bonds is 8. The van der Waals surface area contributed by atoms with Gasteiger partial charge in [0, 0.05) is 29.6 Å². The van der Waals surface area contributed by atoms with E-state index in [0.717, 1.165) is 38.5 Å². The van der Waals surface area contributed by atoms with Crippen molar-refractivity contribution in [2.75, 3.05) is 12.8 Å². The minimum absolute atomic E-state index is 0.270. The van der Waals surface area contributed by atoms with Gasteiger partial charge in [0.25, 0.3) is 5.91 Å². The predicted molar refractivity (Wildman–Crippen MR) is 149 cm³/mol. The summed E-state index contributed by atoms with van der Waals surface area (Å²) in [5.74, 6) is 0.463. The first-order valence-electron chi connectivity index (χ1n) is 12.4. The van der Waals surface area contributed by atoms with Gasteiger partial charge >= 0.3 is 0 Å². The molecule has 192 valence electrons. The zero-order valence-electron chi connectivity index (χ0n) is 21.2. The van der Waals surface area contributed by atoms with Gasteiger partial charge in [-0.05, 0) is 59.2 Å². The molecule has 2 amide bonds. The van der Waals surface area contributed by atoms with Gasteiger partial charge in [-0.2, -0.15) is 0 Å². The van der Waals surface area contributed by atoms with Crippen LogP contribution in [0.4, 0.5) is 5.82 Å². The molecule has 0 fully saturated rings. The number of nitrogen functional groups attached to an aromatic ring is 1. The first kappa shape index (κ1) is 24.8. The lowest BCUT2D eigenvalue weighted by Crippen LogP contribution is -2.48. The molecule has 5 rings (SSSR count). The van der Waals surface area contributed by atoms with Gasteiger partial charge in [-0.15, -0.1) is 0 Å². The van der Waals surface area contributed by atoms with Crippen LogP contribution in [0, 0.1) is 6.92 Å². The molecule has 2 heterocycles. The summed E-state index contributed by atoms with van der Waals surface area (Å²) in [7, 11) is 1.60. The van der Waals surface area contributed by atoms with E-state index in [1.54, 1.807) is 19.2 Å². The highest BCUT2D eigenvalue weighted by Gasteiger charge is 2.24. The molecule has 0 aliphatic carbocycles. The van der Waals surface area contributed by atoms with Gasteiger partial charge < -0.3 is 26.1 Å². The van der Waals surface area contributed by atoms with Gasteiger partial charge in [0.2, 0.25) is 5.91 Å². The van der Waals surface area contributed by atoms with Crippen LogP contribution in [0.25, 0.3) is 21.7 Å². The predicted octanol–water partition coefficient (Wildman–Crippen LogP) is 4.27. The number of methoxy groups -OCH3 is 1. The standard InChI is InChI=1S/C30H29N5O3/c1-18-21(10-13-28(31)33-18)17-32-29(36)26(15-20-8-5-7-19-6-3-4-9-24(19)20)35-30(37)27-16-22-14-23(38-2)11-12-25(22)34-27/h3-14,16,26,34H,15,17H2,1-2H3,(H2,31,33)(H,32,36)(H,35,37)/t26-/m0/s1. The molecule has 1 atom stereocenters. The van der Waals surface area contributed by atoms with Crippen LogP contribution in [0.1, 0.15) is 27.3 Å². The minimum atomic E-state index is -0.809. The maximum absolute atomic E-state index is 13.5. The Morgan fingerprint density at radius 1 is 0.974 bits per heavy atom. The zero-order valence-corrected chi connectivity index (χ0v) is 21.2. The summed E-state index contributed by atoms with van der Waals surface area (Å²) >= 11 is 0. The first-order chi connectivity index (χ1) is 18.4. The molecule has 0 aliphatic heterocycles. The molecule has 0 saturated carbocycles. The number of ether oxygens (including phenoxy) is 1. The molecule has 0 radical (unpaired) electrons. The van der Waals surface area contributed by atoms with Crippen LogP contribution in [-0.4, -0.2) is 34.9 Å². The molecule has 3 aromatic carbocycles. The third-order valence-electron chi connectivity index (χ3n) is 6.67. The second-order valence-electron chi connectivity index (χ2n) is 9.20. The molecular formula is C30H29N5O3. The largest absolute Gasteiger partial charge is 0.497 e. The molecule has 0 bridgehead atoms. The second kappa shape index (κ2) is 10.6. The van der Waals surface area contributed by atoms with E-state index in [-0.39, 0.29) is 18.4 Å². The van der Waals surface area contributed by atoms with Crippen molar-refractivity contribution in [2.24, 2.45) is 0 Å². The van der Waals surface area contributed by atoms with Crippen LogP contribution in [-0.2, 0) is 17.8 Å². The molecule has 8 heteroatoms. The third-order valence-corrected chi connectivity index (χ3v) is 6.67. The number of hydrogen-bond donors (Lipinski definition) is 4. The van der Waals surface area contributed by atoms with Crippen LogP contribution >= 0.6 is 0 Å². The zero-order chi connectivity index (χ0) is 26.6. The van der Waals surface area contributed by atoms with E-state index in [1.165, 1.54) is 0 Å². The van der Waals surface area contributed by atoms with Crippen LogP contribution < -0.4 is 21.1 Å². The summed E-state index contributed by atoms with van der Waals surface area (Å²) in [4.78, 5) is 34.2. The van der Waals surface area contributed by atoms with Gasteiger partial charge in [0.05, 0.1) is 7.11 Å². The average Bonchev–Trinajstić information content (AvgIpc) is 3.36. The number of H-pyrrole nitrogens is 1. The Morgan fingerprint density at radius 3 is 2.61 bits per heavy atom. The lowest BCUT2D eigenvalue weighted by atomic mass is 9.98. The van der Waals surface area contributed by atoms with Crippen molar-refractivity contribution in [1.82, 2.24) is 20.6 Å². The topological polar surface area (TPSA) is 122 Å². The summed E-state index contributed by atoms with van der Waals surface area (Å²) in [6, 6.07) is 24.0. The van der Waals surface area contributed by atoms with Gasteiger partial charge in [-0.1, -0.05) is 48.5 Å². The fraction of sp³-hybridized carbons (Fsp3) is 0.167. The number of pyridine rings is 1. The molecule has 8 nitrogen and oxygen atoms in total. The molecule has 2 aromatic heterocycles. The summed E-state index contributed by atoms with van der Waals surface area (Å²) in [6.45, 7) is 2.12. The van der Waals surface area contributed by atoms with Crippen molar-refractivity contribution in [3.63, 3.8) is 0 Å². The van der Waals surface area contributed by atoms with Crippen molar-refractivity contribution in [1.29, 1.82) is 0 Å². The lowest BCUT2D eigenvalue weighted by Gasteiger charge is -2.20. The maximum Gasteiger partial charge on any atom is 0.268 e. The minimum Gasteiger partial charge on any atom is -0.497 e. The van der Waals surface area contributed by atoms with E-state index >= 15 is 0 Å². The van der Waals surface area contributed by atoms with Crippen molar-refractivity contribution >= 4 is 39.3 Å².